The molecule has 2 aliphatic heterocycles. The van der Waals surface area contributed by atoms with Crippen LogP contribution >= 0.6 is 0 Å². The molecule has 0 spiro atoms. The smallest absolute Gasteiger partial charge is 0.226 e. The van der Waals surface area contributed by atoms with Crippen LogP contribution in [0.4, 0.5) is 4.39 Å². The zero-order valence-electron chi connectivity index (χ0n) is 21.5. The Morgan fingerprint density at radius 3 is 2.86 bits per heavy atom. The minimum atomic E-state index is -1.18. The van der Waals surface area contributed by atoms with Gasteiger partial charge in [0.05, 0.1) is 18.1 Å². The second-order valence-corrected chi connectivity index (χ2v) is 9.58. The predicted molar refractivity (Wildman–Crippen MR) is 146 cm³/mol. The van der Waals surface area contributed by atoms with Crippen LogP contribution in [0.3, 0.4) is 0 Å². The number of allylic oxidation sites excluding steroid dienone is 5. The third kappa shape index (κ3) is 6.85. The lowest BCUT2D eigenvalue weighted by atomic mass is 9.93. The number of carbonyl (C=O) groups is 1. The number of alkyl halides is 1. The van der Waals surface area contributed by atoms with E-state index < -0.39 is 6.30 Å². The summed E-state index contributed by atoms with van der Waals surface area (Å²) >= 11 is 0. The van der Waals surface area contributed by atoms with E-state index in [-0.39, 0.29) is 18.4 Å². The normalized spacial score (nSPS) is 21.5. The Bertz CT molecular complexity index is 1220. The highest BCUT2D eigenvalue weighted by Gasteiger charge is 2.25. The van der Waals surface area contributed by atoms with Gasteiger partial charge < -0.3 is 15.1 Å². The number of nitrogens with one attached hydrogen (secondary N) is 1. The number of likely N-dealkylation sites (N-methyl/N-ethyl adjacent to an activating group) is 1. The van der Waals surface area contributed by atoms with Gasteiger partial charge in [-0.05, 0) is 78.3 Å². The molecule has 0 aromatic heterocycles. The van der Waals surface area contributed by atoms with Crippen LogP contribution in [0.1, 0.15) is 50.2 Å². The van der Waals surface area contributed by atoms with Gasteiger partial charge in [0.25, 0.3) is 0 Å². The average molecular weight is 500 g/mol. The summed E-state index contributed by atoms with van der Waals surface area (Å²) in [5.74, 6) is 0.0417. The third-order valence-electron chi connectivity index (χ3n) is 6.86. The van der Waals surface area contributed by atoms with Crippen LogP contribution < -0.4 is 5.32 Å². The molecule has 1 atom stereocenters. The Morgan fingerprint density at radius 2 is 2.14 bits per heavy atom. The lowest BCUT2D eigenvalue weighted by molar-refractivity contribution is -0.131. The molecule has 0 radical (unpaired) electrons. The number of halogens is 1. The van der Waals surface area contributed by atoms with Gasteiger partial charge >= 0.3 is 0 Å². The number of nitriles is 1. The number of aliphatic imine (C=N–C) groups is 1. The highest BCUT2D eigenvalue weighted by atomic mass is 19.1. The second kappa shape index (κ2) is 12.4. The Hall–Kier alpha value is -3.92. The highest BCUT2D eigenvalue weighted by molar-refractivity contribution is 5.80. The molecule has 4 rings (SSSR count). The molecule has 7 heteroatoms. The molecule has 1 aromatic carbocycles. The van der Waals surface area contributed by atoms with Crippen molar-refractivity contribution in [3.05, 3.63) is 88.9 Å². The molecule has 1 N–H and O–H groups in total. The lowest BCUT2D eigenvalue weighted by Gasteiger charge is -2.34. The Labute approximate surface area is 218 Å². The number of piperidine rings is 1. The predicted octanol–water partition coefficient (Wildman–Crippen LogP) is 5.25. The summed E-state index contributed by atoms with van der Waals surface area (Å²) in [6, 6.07) is 10.1. The van der Waals surface area contributed by atoms with Crippen LogP contribution in [0.5, 0.6) is 0 Å². The maximum atomic E-state index is 13.9. The number of hydrogen-bond acceptors (Lipinski definition) is 5. The number of likely N-dealkylation sites (tertiary alicyclic amines) is 1. The van der Waals surface area contributed by atoms with Crippen LogP contribution in [0.25, 0.3) is 5.57 Å². The topological polar surface area (TPSA) is 71.7 Å². The Kier molecular flexibility index (Phi) is 8.73. The third-order valence-corrected chi connectivity index (χ3v) is 6.86. The van der Waals surface area contributed by atoms with Gasteiger partial charge in [-0.1, -0.05) is 25.1 Å². The van der Waals surface area contributed by atoms with Crippen LogP contribution in [0.15, 0.2) is 82.8 Å². The number of amides is 1. The zero-order valence-corrected chi connectivity index (χ0v) is 21.5. The first-order valence-corrected chi connectivity index (χ1v) is 12.9. The van der Waals surface area contributed by atoms with E-state index in [2.05, 4.69) is 35.5 Å². The first kappa shape index (κ1) is 26.2. The monoisotopic (exact) mass is 499 g/mol. The molecule has 192 valence electrons. The van der Waals surface area contributed by atoms with Crippen molar-refractivity contribution in [1.82, 2.24) is 15.1 Å². The molecule has 37 heavy (non-hydrogen) atoms. The summed E-state index contributed by atoms with van der Waals surface area (Å²) in [6.07, 6.45) is 15.4. The van der Waals surface area contributed by atoms with Crippen molar-refractivity contribution in [2.75, 3.05) is 20.1 Å². The minimum Gasteiger partial charge on any atom is -0.382 e. The molecule has 0 saturated carbocycles. The van der Waals surface area contributed by atoms with Crippen molar-refractivity contribution in [1.29, 1.82) is 5.26 Å². The fraction of sp³-hybridized carbons (Fsp3) is 0.367. The van der Waals surface area contributed by atoms with Crippen LogP contribution in [-0.4, -0.2) is 54.4 Å². The van der Waals surface area contributed by atoms with E-state index in [0.717, 1.165) is 53.7 Å². The van der Waals surface area contributed by atoms with Gasteiger partial charge in [0.1, 0.15) is 0 Å². The van der Waals surface area contributed by atoms with Crippen LogP contribution in [0.2, 0.25) is 0 Å². The number of hydrogen-bond donors (Lipinski definition) is 1. The molecule has 1 aromatic rings. The van der Waals surface area contributed by atoms with E-state index in [1.54, 1.807) is 13.2 Å². The van der Waals surface area contributed by atoms with Crippen molar-refractivity contribution in [2.24, 2.45) is 4.99 Å². The maximum Gasteiger partial charge on any atom is 0.226 e. The molecule has 1 amide bonds. The number of nitrogens with zero attached hydrogens (tertiary/aromatic N) is 4. The van der Waals surface area contributed by atoms with E-state index in [0.29, 0.717) is 18.7 Å². The number of benzene rings is 1. The van der Waals surface area contributed by atoms with Crippen LogP contribution in [-0.2, 0) is 4.79 Å². The van der Waals surface area contributed by atoms with Gasteiger partial charge in [0.15, 0.2) is 6.30 Å². The van der Waals surface area contributed by atoms with E-state index in [4.69, 9.17) is 0 Å². The van der Waals surface area contributed by atoms with Crippen LogP contribution in [0, 0.1) is 11.3 Å². The van der Waals surface area contributed by atoms with Gasteiger partial charge in [0.2, 0.25) is 5.91 Å². The minimum absolute atomic E-state index is 0.0417. The molecule has 1 fully saturated rings. The van der Waals surface area contributed by atoms with Gasteiger partial charge in [-0.3, -0.25) is 9.79 Å². The standard InChI is InChI=1S/C30H34FN5O/c1-3-12-33-21-26-8-7-25(24-6-4-5-23(16-24)20-32)19-28(26)34-27-10-14-36(15-11-27)30(37)18-22-9-13-35(2)29(31)17-22/h4-7,9,12-13,16-17,19,21,27,29,34H,3,8,10-11,14-15,18H2,1-2H3/b26-21+,33-12?. The fourth-order valence-corrected chi connectivity index (χ4v) is 4.65. The second-order valence-electron chi connectivity index (χ2n) is 9.58. The first-order chi connectivity index (χ1) is 18.0. The average Bonchev–Trinajstić information content (AvgIpc) is 2.92. The van der Waals surface area contributed by atoms with Gasteiger partial charge in [-0.15, -0.1) is 0 Å². The van der Waals surface area contributed by atoms with Crippen molar-refractivity contribution < 1.29 is 9.18 Å². The van der Waals surface area contributed by atoms with Gasteiger partial charge in [-0.2, -0.15) is 5.26 Å². The number of carbonyl (C=O) groups excluding carboxylic acids is 1. The molecular formula is C30H34FN5O. The summed E-state index contributed by atoms with van der Waals surface area (Å²) in [7, 11) is 1.68. The van der Waals surface area contributed by atoms with E-state index >= 15 is 0 Å². The van der Waals surface area contributed by atoms with E-state index in [1.165, 1.54) is 11.0 Å². The maximum absolute atomic E-state index is 13.9. The first-order valence-electron chi connectivity index (χ1n) is 12.9. The molecule has 3 aliphatic rings. The number of rotatable bonds is 7. The molecule has 2 heterocycles. The summed E-state index contributed by atoms with van der Waals surface area (Å²) in [5.41, 5.74) is 5.61. The summed E-state index contributed by atoms with van der Waals surface area (Å²) in [4.78, 5) is 20.6. The Morgan fingerprint density at radius 1 is 1.32 bits per heavy atom. The van der Waals surface area contributed by atoms with Crippen molar-refractivity contribution in [3.8, 4) is 6.07 Å². The van der Waals surface area contributed by atoms with Gasteiger partial charge in [-0.25, -0.2) is 4.39 Å². The van der Waals surface area contributed by atoms with Crippen molar-refractivity contribution in [3.63, 3.8) is 0 Å². The Balaban J connectivity index is 1.41. The largest absolute Gasteiger partial charge is 0.382 e. The zero-order chi connectivity index (χ0) is 26.2. The van der Waals surface area contributed by atoms with E-state index in [9.17, 15) is 14.4 Å². The summed E-state index contributed by atoms with van der Waals surface area (Å²) in [6.45, 7) is 3.39. The van der Waals surface area contributed by atoms with E-state index in [1.807, 2.05) is 47.7 Å². The molecule has 0 bridgehead atoms. The summed E-state index contributed by atoms with van der Waals surface area (Å²) < 4.78 is 13.9. The molecule has 1 unspecified atom stereocenters. The molecule has 1 saturated heterocycles. The summed E-state index contributed by atoms with van der Waals surface area (Å²) in [5, 5.41) is 13.0. The van der Waals surface area contributed by atoms with Gasteiger partial charge in [0, 0.05) is 50.5 Å². The highest BCUT2D eigenvalue weighted by Crippen LogP contribution is 2.29. The SMILES string of the molecule is CCC=N/C=C1\CC=C(c2cccc(C#N)c2)C=C1NC1CCN(C(=O)CC2=CC(F)N(C)C=C2)CC1. The molecule has 6 nitrogen and oxygen atoms in total. The van der Waals surface area contributed by atoms with Crippen molar-refractivity contribution >= 4 is 17.7 Å². The fourth-order valence-electron chi connectivity index (χ4n) is 4.65. The quantitative estimate of drug-likeness (QED) is 0.411. The molecular weight excluding hydrogens is 465 g/mol. The lowest BCUT2D eigenvalue weighted by Crippen LogP contribution is -2.45. The van der Waals surface area contributed by atoms with Crippen molar-refractivity contribution in [2.45, 2.75) is 51.4 Å². The molecule has 1 aliphatic carbocycles.